The molecule has 0 spiro atoms. The van der Waals surface area contributed by atoms with Crippen LogP contribution in [0.15, 0.2) is 23.8 Å². The van der Waals surface area contributed by atoms with Gasteiger partial charge in [0.05, 0.1) is 11.8 Å². The van der Waals surface area contributed by atoms with Gasteiger partial charge in [0.25, 0.3) is 7.52 Å². The molecule has 3 nitrogen and oxygen atoms in total. The van der Waals surface area contributed by atoms with Gasteiger partial charge in [-0.05, 0) is 42.9 Å². The molecule has 156 valence electrons. The summed E-state index contributed by atoms with van der Waals surface area (Å²) in [7, 11) is -3.01. The summed E-state index contributed by atoms with van der Waals surface area (Å²) in [5.74, 6) is 2.11. The fourth-order valence-corrected chi connectivity index (χ4v) is 8.03. The first-order chi connectivity index (χ1) is 12.7. The highest BCUT2D eigenvalue weighted by atomic mass is 31.2. The van der Waals surface area contributed by atoms with Gasteiger partial charge in [-0.3, -0.25) is 4.57 Å². The Kier molecular flexibility index (Phi) is 8.40. The largest absolute Gasteiger partial charge is 0.313 e. The van der Waals surface area contributed by atoms with E-state index < -0.39 is 7.52 Å². The van der Waals surface area contributed by atoms with Crippen molar-refractivity contribution in [2.24, 2.45) is 23.7 Å². The molecule has 0 amide bonds. The maximum atomic E-state index is 14.6. The Balaban J connectivity index is 2.41. The quantitative estimate of drug-likeness (QED) is 0.330. The van der Waals surface area contributed by atoms with Crippen LogP contribution in [0.3, 0.4) is 0 Å². The lowest BCUT2D eigenvalue weighted by molar-refractivity contribution is 0.0399. The lowest BCUT2D eigenvalue weighted by atomic mass is 9.75. The van der Waals surface area contributed by atoms with Crippen LogP contribution >= 0.6 is 7.52 Å². The average Bonchev–Trinajstić information content (AvgIpc) is 2.62. The molecule has 0 heterocycles. The van der Waals surface area contributed by atoms with Gasteiger partial charge < -0.3 is 4.52 Å². The molecular formula is C23H42NO2P. The van der Waals surface area contributed by atoms with Crippen LogP contribution in [0, 0.1) is 23.7 Å². The molecule has 2 aliphatic rings. The molecule has 0 radical (unpaired) electrons. The van der Waals surface area contributed by atoms with Crippen molar-refractivity contribution >= 4 is 7.52 Å². The standard InChI is InChI=1S/C23H42NO2P/c1-8-24(9-2)27(25,23-13-11-10-12-21(23)18(5)6)26-22-16-19(7)14-15-20(22)17(3)4/h11-13,17-20,22-23H,8-10,14-16H2,1-7H3/t19-,20+,22-,23?,27?/m1/s1. The Morgan fingerprint density at radius 1 is 1.19 bits per heavy atom. The molecule has 0 aromatic heterocycles. The van der Waals surface area contributed by atoms with Crippen LogP contribution in [0.5, 0.6) is 0 Å². The minimum absolute atomic E-state index is 0.101. The topological polar surface area (TPSA) is 29.5 Å². The van der Waals surface area contributed by atoms with Gasteiger partial charge >= 0.3 is 0 Å². The normalized spacial score (nSPS) is 31.4. The highest BCUT2D eigenvalue weighted by molar-refractivity contribution is 7.57. The average molecular weight is 396 g/mol. The van der Waals surface area contributed by atoms with Crippen LogP contribution in [0.4, 0.5) is 0 Å². The number of rotatable bonds is 8. The molecule has 5 atom stereocenters. The first-order valence-corrected chi connectivity index (χ1v) is 12.8. The van der Waals surface area contributed by atoms with Gasteiger partial charge in [0.1, 0.15) is 0 Å². The first kappa shape index (κ1) is 22.9. The third-order valence-corrected chi connectivity index (χ3v) is 9.64. The van der Waals surface area contributed by atoms with Crippen molar-refractivity contribution in [2.45, 2.75) is 85.9 Å². The third kappa shape index (κ3) is 5.17. The smallest absolute Gasteiger partial charge is 0.283 e. The van der Waals surface area contributed by atoms with Gasteiger partial charge in [-0.15, -0.1) is 0 Å². The Bertz CT molecular complexity index is 577. The second kappa shape index (κ2) is 9.90. The molecule has 2 rings (SSSR count). The summed E-state index contributed by atoms with van der Waals surface area (Å²) >= 11 is 0. The predicted octanol–water partition coefficient (Wildman–Crippen LogP) is 6.91. The van der Waals surface area contributed by atoms with Crippen molar-refractivity contribution in [3.8, 4) is 0 Å². The Morgan fingerprint density at radius 3 is 2.41 bits per heavy atom. The Hall–Kier alpha value is -0.370. The van der Waals surface area contributed by atoms with Gasteiger partial charge in [0.15, 0.2) is 0 Å². The van der Waals surface area contributed by atoms with Crippen LogP contribution in [-0.2, 0) is 9.09 Å². The molecule has 1 saturated carbocycles. The second-order valence-corrected chi connectivity index (χ2v) is 11.6. The van der Waals surface area contributed by atoms with E-state index in [0.29, 0.717) is 23.7 Å². The zero-order valence-electron chi connectivity index (χ0n) is 18.6. The van der Waals surface area contributed by atoms with Crippen molar-refractivity contribution in [2.75, 3.05) is 13.1 Å². The van der Waals surface area contributed by atoms with Gasteiger partial charge in [0, 0.05) is 13.1 Å². The van der Waals surface area contributed by atoms with Crippen LogP contribution < -0.4 is 0 Å². The zero-order valence-corrected chi connectivity index (χ0v) is 19.5. The third-order valence-electron chi connectivity index (χ3n) is 6.54. The van der Waals surface area contributed by atoms with E-state index in [1.807, 2.05) is 0 Å². The van der Waals surface area contributed by atoms with Crippen molar-refractivity contribution < 1.29 is 9.09 Å². The van der Waals surface area contributed by atoms with Gasteiger partial charge in [-0.2, -0.15) is 0 Å². The van der Waals surface area contributed by atoms with E-state index in [4.69, 9.17) is 4.52 Å². The van der Waals surface area contributed by atoms with E-state index >= 15 is 0 Å². The zero-order chi connectivity index (χ0) is 20.2. The van der Waals surface area contributed by atoms with E-state index in [0.717, 1.165) is 25.9 Å². The maximum Gasteiger partial charge on any atom is 0.283 e. The van der Waals surface area contributed by atoms with E-state index in [-0.39, 0.29) is 11.8 Å². The number of allylic oxidation sites excluding steroid dienone is 4. The molecule has 27 heavy (non-hydrogen) atoms. The van der Waals surface area contributed by atoms with Crippen LogP contribution in [0.25, 0.3) is 0 Å². The lowest BCUT2D eigenvalue weighted by Crippen LogP contribution is -2.38. The van der Waals surface area contributed by atoms with Gasteiger partial charge in [-0.25, -0.2) is 4.67 Å². The Morgan fingerprint density at radius 2 is 1.85 bits per heavy atom. The van der Waals surface area contributed by atoms with E-state index in [1.54, 1.807) is 0 Å². The SMILES string of the molecule is CCN(CC)P(=O)(O[C@@H]1C[C@H](C)CC[C@H]1C(C)C)C1C=CCC=C1C(C)C. The molecule has 0 aromatic carbocycles. The van der Waals surface area contributed by atoms with Crippen LogP contribution in [0.2, 0.25) is 0 Å². The van der Waals surface area contributed by atoms with Gasteiger partial charge in [-0.1, -0.05) is 78.7 Å². The monoisotopic (exact) mass is 395 g/mol. The highest BCUT2D eigenvalue weighted by Crippen LogP contribution is 2.61. The van der Waals surface area contributed by atoms with Crippen molar-refractivity contribution in [3.63, 3.8) is 0 Å². The number of hydrogen-bond acceptors (Lipinski definition) is 2. The Labute approximate surface area is 168 Å². The molecule has 0 aliphatic heterocycles. The molecule has 0 bridgehead atoms. The molecule has 0 aromatic rings. The molecular weight excluding hydrogens is 353 g/mol. The second-order valence-electron chi connectivity index (χ2n) is 9.14. The fraction of sp³-hybridized carbons (Fsp3) is 0.826. The van der Waals surface area contributed by atoms with Crippen molar-refractivity contribution in [3.05, 3.63) is 23.8 Å². The highest BCUT2D eigenvalue weighted by Gasteiger charge is 2.45. The van der Waals surface area contributed by atoms with Crippen LogP contribution in [-0.4, -0.2) is 29.5 Å². The summed E-state index contributed by atoms with van der Waals surface area (Å²) in [5.41, 5.74) is 1.19. The summed E-state index contributed by atoms with van der Waals surface area (Å²) in [6, 6.07) is 0. The summed E-state index contributed by atoms with van der Waals surface area (Å²) in [6.07, 6.45) is 11.1. The maximum absolute atomic E-state index is 14.6. The minimum Gasteiger partial charge on any atom is -0.313 e. The number of nitrogens with zero attached hydrogens (tertiary/aromatic N) is 1. The number of hydrogen-bond donors (Lipinski definition) is 0. The van der Waals surface area contributed by atoms with E-state index in [9.17, 15) is 4.57 Å². The molecule has 2 aliphatic carbocycles. The fourth-order valence-electron chi connectivity index (χ4n) is 4.87. The van der Waals surface area contributed by atoms with Gasteiger partial charge in [0.2, 0.25) is 0 Å². The summed E-state index contributed by atoms with van der Waals surface area (Å²) < 4.78 is 23.5. The summed E-state index contributed by atoms with van der Waals surface area (Å²) in [5, 5.41) is 0. The van der Waals surface area contributed by atoms with Crippen molar-refractivity contribution in [1.29, 1.82) is 0 Å². The van der Waals surface area contributed by atoms with E-state index in [2.05, 4.69) is 71.4 Å². The first-order valence-electron chi connectivity index (χ1n) is 11.1. The summed E-state index contributed by atoms with van der Waals surface area (Å²) in [4.78, 5) is 0. The molecule has 2 unspecified atom stereocenters. The van der Waals surface area contributed by atoms with E-state index in [1.165, 1.54) is 18.4 Å². The molecule has 0 N–H and O–H groups in total. The molecule has 1 fully saturated rings. The minimum atomic E-state index is -3.01. The molecule has 0 saturated heterocycles. The molecule has 4 heteroatoms. The predicted molar refractivity (Wildman–Crippen MR) is 117 cm³/mol. The van der Waals surface area contributed by atoms with Crippen LogP contribution in [0.1, 0.15) is 74.1 Å². The van der Waals surface area contributed by atoms with Crippen molar-refractivity contribution in [1.82, 2.24) is 4.67 Å². The lowest BCUT2D eigenvalue weighted by Gasteiger charge is -2.43. The summed E-state index contributed by atoms with van der Waals surface area (Å²) in [6.45, 7) is 17.1.